The molecule has 0 radical (unpaired) electrons. The molecule has 0 aromatic heterocycles. The second-order valence-electron chi connectivity index (χ2n) is 5.81. The van der Waals surface area contributed by atoms with Gasteiger partial charge < -0.3 is 34.2 Å². The van der Waals surface area contributed by atoms with E-state index in [1.165, 1.54) is 0 Å². The van der Waals surface area contributed by atoms with E-state index in [2.05, 4.69) is 0 Å². The zero-order chi connectivity index (χ0) is 20.3. The first-order valence-corrected chi connectivity index (χ1v) is 9.68. The fourth-order valence-electron chi connectivity index (χ4n) is 2.08. The van der Waals surface area contributed by atoms with Crippen molar-refractivity contribution in [2.45, 2.75) is 19.8 Å². The van der Waals surface area contributed by atoms with E-state index in [9.17, 15) is 4.79 Å². The fraction of sp³-hybridized carbons (Fsp3) is 0.650. The van der Waals surface area contributed by atoms with Gasteiger partial charge in [-0.1, -0.05) is 19.1 Å². The first-order valence-electron chi connectivity index (χ1n) is 9.68. The molecule has 0 bridgehead atoms. The van der Waals surface area contributed by atoms with Crippen LogP contribution in [-0.4, -0.2) is 72.0 Å². The van der Waals surface area contributed by atoms with Crippen LogP contribution in [0.25, 0.3) is 0 Å². The molecule has 0 aliphatic rings. The SMILES string of the molecule is CCCC(=O)OCCOCCOCCOCCOCCOc1ccccc1N. The van der Waals surface area contributed by atoms with Gasteiger partial charge in [-0.2, -0.15) is 0 Å². The van der Waals surface area contributed by atoms with Crippen LogP contribution in [0.1, 0.15) is 19.8 Å². The van der Waals surface area contributed by atoms with Gasteiger partial charge in [0.15, 0.2) is 0 Å². The van der Waals surface area contributed by atoms with E-state index in [0.29, 0.717) is 77.3 Å². The highest BCUT2D eigenvalue weighted by Crippen LogP contribution is 2.19. The Hall–Kier alpha value is -1.87. The van der Waals surface area contributed by atoms with Gasteiger partial charge in [-0.25, -0.2) is 0 Å². The summed E-state index contributed by atoms with van der Waals surface area (Å²) in [6.45, 7) is 6.42. The quantitative estimate of drug-likeness (QED) is 0.228. The Morgan fingerprint density at radius 2 is 1.29 bits per heavy atom. The predicted octanol–water partition coefficient (Wildman–Crippen LogP) is 2.06. The molecule has 1 rings (SSSR count). The minimum absolute atomic E-state index is 0.183. The number of carbonyl (C=O) groups is 1. The van der Waals surface area contributed by atoms with E-state index in [-0.39, 0.29) is 12.6 Å². The molecule has 28 heavy (non-hydrogen) atoms. The van der Waals surface area contributed by atoms with Crippen LogP contribution in [0, 0.1) is 0 Å². The summed E-state index contributed by atoms with van der Waals surface area (Å²) in [5.74, 6) is 0.484. The van der Waals surface area contributed by atoms with Gasteiger partial charge in [-0.15, -0.1) is 0 Å². The molecule has 0 atom stereocenters. The number of hydrogen-bond donors (Lipinski definition) is 1. The Labute approximate surface area is 167 Å². The number of nitrogen functional groups attached to an aromatic ring is 1. The van der Waals surface area contributed by atoms with Gasteiger partial charge >= 0.3 is 5.97 Å². The van der Waals surface area contributed by atoms with Crippen LogP contribution in [0.3, 0.4) is 0 Å². The minimum atomic E-state index is -0.183. The minimum Gasteiger partial charge on any atom is -0.489 e. The highest BCUT2D eigenvalue weighted by molar-refractivity contribution is 5.69. The number of carbonyl (C=O) groups excluding carboxylic acids is 1. The molecule has 0 aliphatic carbocycles. The van der Waals surface area contributed by atoms with Crippen molar-refractivity contribution in [3.63, 3.8) is 0 Å². The van der Waals surface area contributed by atoms with Crippen LogP contribution in [-0.2, 0) is 28.5 Å². The standard InChI is InChI=1S/C20H33NO7/c1-2-5-20(22)28-17-15-26-13-11-24-9-8-23-10-12-25-14-16-27-19-7-4-3-6-18(19)21/h3-4,6-7H,2,5,8-17,21H2,1H3. The van der Waals surface area contributed by atoms with Crippen LogP contribution in [0.2, 0.25) is 0 Å². The van der Waals surface area contributed by atoms with Crippen molar-refractivity contribution < 1.29 is 33.2 Å². The van der Waals surface area contributed by atoms with Gasteiger partial charge in [0.2, 0.25) is 0 Å². The fourth-order valence-corrected chi connectivity index (χ4v) is 2.08. The highest BCUT2D eigenvalue weighted by Gasteiger charge is 2.00. The van der Waals surface area contributed by atoms with E-state index in [1.807, 2.05) is 25.1 Å². The summed E-state index contributed by atoms with van der Waals surface area (Å²) in [6.07, 6.45) is 1.24. The van der Waals surface area contributed by atoms with Gasteiger partial charge in [-0.3, -0.25) is 4.79 Å². The van der Waals surface area contributed by atoms with Gasteiger partial charge in [0.1, 0.15) is 19.0 Å². The van der Waals surface area contributed by atoms with Crippen LogP contribution in [0.4, 0.5) is 5.69 Å². The topological polar surface area (TPSA) is 98.5 Å². The van der Waals surface area contributed by atoms with Crippen molar-refractivity contribution in [3.8, 4) is 5.75 Å². The lowest BCUT2D eigenvalue weighted by Crippen LogP contribution is -2.15. The smallest absolute Gasteiger partial charge is 0.305 e. The Balaban J connectivity index is 1.75. The number of anilines is 1. The molecular weight excluding hydrogens is 366 g/mol. The van der Waals surface area contributed by atoms with Gasteiger partial charge in [0.25, 0.3) is 0 Å². The molecule has 1 aromatic rings. The van der Waals surface area contributed by atoms with E-state index in [0.717, 1.165) is 6.42 Å². The summed E-state index contributed by atoms with van der Waals surface area (Å²) in [6, 6.07) is 7.36. The van der Waals surface area contributed by atoms with Crippen LogP contribution in [0.15, 0.2) is 24.3 Å². The second-order valence-corrected chi connectivity index (χ2v) is 5.81. The third-order valence-corrected chi connectivity index (χ3v) is 3.47. The maximum atomic E-state index is 11.1. The first kappa shape index (κ1) is 24.2. The summed E-state index contributed by atoms with van der Waals surface area (Å²) in [5.41, 5.74) is 6.40. The number of ether oxygens (including phenoxy) is 6. The number of nitrogens with two attached hydrogens (primary N) is 1. The number of hydrogen-bond acceptors (Lipinski definition) is 8. The van der Waals surface area contributed by atoms with E-state index >= 15 is 0 Å². The number of rotatable bonds is 18. The largest absolute Gasteiger partial charge is 0.489 e. The molecule has 0 saturated heterocycles. The van der Waals surface area contributed by atoms with Gasteiger partial charge in [-0.05, 0) is 18.6 Å². The van der Waals surface area contributed by atoms with Crippen LogP contribution < -0.4 is 10.5 Å². The third-order valence-electron chi connectivity index (χ3n) is 3.47. The molecular formula is C20H33NO7. The Morgan fingerprint density at radius 3 is 1.82 bits per heavy atom. The Kier molecular flexibility index (Phi) is 14.9. The number of esters is 1. The number of para-hydroxylation sites is 2. The maximum absolute atomic E-state index is 11.1. The van der Waals surface area contributed by atoms with Crippen molar-refractivity contribution in [1.82, 2.24) is 0 Å². The molecule has 2 N–H and O–H groups in total. The van der Waals surface area contributed by atoms with Crippen molar-refractivity contribution in [3.05, 3.63) is 24.3 Å². The molecule has 0 amide bonds. The van der Waals surface area contributed by atoms with E-state index in [1.54, 1.807) is 6.07 Å². The molecule has 8 nitrogen and oxygen atoms in total. The summed E-state index contributed by atoms with van der Waals surface area (Å²) in [4.78, 5) is 11.1. The van der Waals surface area contributed by atoms with Gasteiger partial charge in [0.05, 0.1) is 58.5 Å². The van der Waals surface area contributed by atoms with Crippen molar-refractivity contribution >= 4 is 11.7 Å². The normalized spacial score (nSPS) is 10.8. The summed E-state index contributed by atoms with van der Waals surface area (Å²) in [5, 5.41) is 0. The Morgan fingerprint density at radius 1 is 0.786 bits per heavy atom. The monoisotopic (exact) mass is 399 g/mol. The molecule has 160 valence electrons. The summed E-state index contributed by atoms with van der Waals surface area (Å²) < 4.78 is 32.0. The average molecular weight is 399 g/mol. The molecule has 1 aromatic carbocycles. The zero-order valence-corrected chi connectivity index (χ0v) is 16.7. The second kappa shape index (κ2) is 17.2. The first-order chi connectivity index (χ1) is 13.7. The highest BCUT2D eigenvalue weighted by atomic mass is 16.6. The average Bonchev–Trinajstić information content (AvgIpc) is 2.69. The zero-order valence-electron chi connectivity index (χ0n) is 16.7. The molecule has 0 saturated carbocycles. The van der Waals surface area contributed by atoms with Crippen molar-refractivity contribution in [2.24, 2.45) is 0 Å². The number of benzene rings is 1. The lowest BCUT2D eigenvalue weighted by Gasteiger charge is -2.09. The molecule has 0 spiro atoms. The third kappa shape index (κ3) is 13.3. The van der Waals surface area contributed by atoms with Crippen molar-refractivity contribution in [2.75, 3.05) is 71.8 Å². The van der Waals surface area contributed by atoms with Crippen LogP contribution >= 0.6 is 0 Å². The lowest BCUT2D eigenvalue weighted by molar-refractivity contribution is -0.145. The predicted molar refractivity (Wildman–Crippen MR) is 105 cm³/mol. The molecule has 0 heterocycles. The molecule has 8 heteroatoms. The summed E-state index contributed by atoms with van der Waals surface area (Å²) >= 11 is 0. The van der Waals surface area contributed by atoms with Gasteiger partial charge in [0, 0.05) is 6.42 Å². The van der Waals surface area contributed by atoms with E-state index < -0.39 is 0 Å². The summed E-state index contributed by atoms with van der Waals surface area (Å²) in [7, 11) is 0. The van der Waals surface area contributed by atoms with Crippen LogP contribution in [0.5, 0.6) is 5.75 Å². The van der Waals surface area contributed by atoms with Crippen molar-refractivity contribution in [1.29, 1.82) is 0 Å². The Bertz CT molecular complexity index is 513. The maximum Gasteiger partial charge on any atom is 0.305 e. The molecule has 0 unspecified atom stereocenters. The molecule has 0 aliphatic heterocycles. The lowest BCUT2D eigenvalue weighted by atomic mass is 10.3. The molecule has 0 fully saturated rings. The van der Waals surface area contributed by atoms with E-state index in [4.69, 9.17) is 34.2 Å².